The molecule has 3 aromatic carbocycles. The molecular weight excluding hydrogens is 378 g/mol. The van der Waals surface area contributed by atoms with Crippen molar-refractivity contribution >= 4 is 17.4 Å². The fourth-order valence-electron chi connectivity index (χ4n) is 4.18. The van der Waals surface area contributed by atoms with Gasteiger partial charge in [0, 0.05) is 34.7 Å². The maximum Gasteiger partial charge on any atom is 0.255 e. The highest BCUT2D eigenvalue weighted by atomic mass is 16.5. The zero-order chi connectivity index (χ0) is 20.8. The Bertz CT molecular complexity index is 1200. The van der Waals surface area contributed by atoms with Crippen LogP contribution in [0.4, 0.5) is 5.69 Å². The topological polar surface area (TPSA) is 64.6 Å². The van der Waals surface area contributed by atoms with Crippen LogP contribution in [0.25, 0.3) is 11.1 Å². The molecule has 1 atom stereocenters. The van der Waals surface area contributed by atoms with Gasteiger partial charge >= 0.3 is 0 Å². The van der Waals surface area contributed by atoms with Gasteiger partial charge in [0.05, 0.1) is 12.3 Å². The Morgan fingerprint density at radius 3 is 2.63 bits per heavy atom. The van der Waals surface area contributed by atoms with Crippen molar-refractivity contribution in [2.45, 2.75) is 26.4 Å². The summed E-state index contributed by atoms with van der Waals surface area (Å²) >= 11 is 0. The number of hydrogen-bond donors (Lipinski definition) is 1. The van der Waals surface area contributed by atoms with Crippen LogP contribution in [-0.4, -0.2) is 24.4 Å². The minimum Gasteiger partial charge on any atom is -0.492 e. The van der Waals surface area contributed by atoms with Gasteiger partial charge in [-0.15, -0.1) is 0 Å². The molecular formula is C25H21NO4. The van der Waals surface area contributed by atoms with Gasteiger partial charge in [0.2, 0.25) is 0 Å². The second kappa shape index (κ2) is 7.02. The molecule has 3 aromatic rings. The van der Waals surface area contributed by atoms with E-state index in [4.69, 9.17) is 9.47 Å². The largest absolute Gasteiger partial charge is 0.492 e. The van der Waals surface area contributed by atoms with E-state index in [0.717, 1.165) is 28.9 Å². The molecule has 1 amide bonds. The van der Waals surface area contributed by atoms with Crippen LogP contribution in [0.2, 0.25) is 0 Å². The zero-order valence-electron chi connectivity index (χ0n) is 16.8. The summed E-state index contributed by atoms with van der Waals surface area (Å²) in [5, 5.41) is 2.93. The van der Waals surface area contributed by atoms with Gasteiger partial charge in [-0.2, -0.15) is 0 Å². The van der Waals surface area contributed by atoms with Crippen LogP contribution in [0.3, 0.4) is 0 Å². The van der Waals surface area contributed by atoms with Gasteiger partial charge in [-0.05, 0) is 43.2 Å². The van der Waals surface area contributed by atoms with Gasteiger partial charge in [0.25, 0.3) is 5.91 Å². The molecule has 5 heteroatoms. The molecule has 1 N–H and O–H groups in total. The van der Waals surface area contributed by atoms with Crippen molar-refractivity contribution in [3.8, 4) is 22.6 Å². The van der Waals surface area contributed by atoms with E-state index in [1.165, 1.54) is 0 Å². The van der Waals surface area contributed by atoms with Crippen molar-refractivity contribution < 1.29 is 19.1 Å². The van der Waals surface area contributed by atoms with Crippen LogP contribution >= 0.6 is 0 Å². The highest BCUT2D eigenvalue weighted by molar-refractivity contribution is 6.22. The van der Waals surface area contributed by atoms with E-state index in [1.54, 1.807) is 12.1 Å². The highest BCUT2D eigenvalue weighted by Crippen LogP contribution is 2.39. The molecule has 0 bridgehead atoms. The van der Waals surface area contributed by atoms with E-state index in [9.17, 15) is 9.59 Å². The smallest absolute Gasteiger partial charge is 0.255 e. The number of rotatable bonds is 4. The second-order valence-corrected chi connectivity index (χ2v) is 7.61. The number of ketones is 1. The molecule has 1 heterocycles. The van der Waals surface area contributed by atoms with E-state index < -0.39 is 0 Å². The summed E-state index contributed by atoms with van der Waals surface area (Å²) in [5.41, 5.74) is 5.06. The molecule has 0 fully saturated rings. The predicted molar refractivity (Wildman–Crippen MR) is 115 cm³/mol. The quantitative estimate of drug-likeness (QED) is 0.532. The minimum atomic E-state index is -0.298. The SMILES string of the molecule is CCOc1cc2c(cc1NC(=O)c1ccc3c(c1)C(=O)c1ccccc1-3)OC(C)C2. The van der Waals surface area contributed by atoms with Crippen molar-refractivity contribution in [1.82, 2.24) is 0 Å². The summed E-state index contributed by atoms with van der Waals surface area (Å²) < 4.78 is 11.6. The lowest BCUT2D eigenvalue weighted by molar-refractivity contribution is 0.102. The summed E-state index contributed by atoms with van der Waals surface area (Å²) in [4.78, 5) is 25.7. The Labute approximate surface area is 174 Å². The van der Waals surface area contributed by atoms with Gasteiger partial charge in [-0.3, -0.25) is 9.59 Å². The lowest BCUT2D eigenvalue weighted by Crippen LogP contribution is -2.14. The number of carbonyl (C=O) groups excluding carboxylic acids is 2. The maximum absolute atomic E-state index is 13.0. The van der Waals surface area contributed by atoms with Gasteiger partial charge in [0.15, 0.2) is 5.78 Å². The normalized spacial score (nSPS) is 15.8. The van der Waals surface area contributed by atoms with Gasteiger partial charge in [-0.25, -0.2) is 0 Å². The summed E-state index contributed by atoms with van der Waals surface area (Å²) in [6.45, 7) is 4.41. The fourth-order valence-corrected chi connectivity index (χ4v) is 4.18. The molecule has 0 saturated carbocycles. The van der Waals surface area contributed by atoms with Crippen molar-refractivity contribution in [2.24, 2.45) is 0 Å². The Morgan fingerprint density at radius 2 is 1.83 bits per heavy atom. The first kappa shape index (κ1) is 18.4. The summed E-state index contributed by atoms with van der Waals surface area (Å²) in [6.07, 6.45) is 0.918. The first-order valence-corrected chi connectivity index (χ1v) is 10.1. The van der Waals surface area contributed by atoms with Crippen LogP contribution in [0, 0.1) is 0 Å². The van der Waals surface area contributed by atoms with Crippen LogP contribution in [0.1, 0.15) is 45.7 Å². The van der Waals surface area contributed by atoms with Crippen LogP contribution in [0.5, 0.6) is 11.5 Å². The Hall–Kier alpha value is -3.60. The van der Waals surface area contributed by atoms with Crippen molar-refractivity contribution in [2.75, 3.05) is 11.9 Å². The number of hydrogen-bond acceptors (Lipinski definition) is 4. The third kappa shape index (κ3) is 2.94. The number of carbonyl (C=O) groups is 2. The molecule has 1 aliphatic heterocycles. The first-order chi connectivity index (χ1) is 14.5. The van der Waals surface area contributed by atoms with E-state index in [2.05, 4.69) is 5.32 Å². The minimum absolute atomic E-state index is 0.0508. The number of anilines is 1. The highest BCUT2D eigenvalue weighted by Gasteiger charge is 2.27. The van der Waals surface area contributed by atoms with Crippen molar-refractivity contribution in [1.29, 1.82) is 0 Å². The number of ether oxygens (including phenoxy) is 2. The van der Waals surface area contributed by atoms with Crippen molar-refractivity contribution in [3.05, 3.63) is 76.9 Å². The molecule has 0 spiro atoms. The maximum atomic E-state index is 13.0. The average molecular weight is 399 g/mol. The lowest BCUT2D eigenvalue weighted by Gasteiger charge is -2.14. The Morgan fingerprint density at radius 1 is 1.07 bits per heavy atom. The van der Waals surface area contributed by atoms with E-state index in [1.807, 2.05) is 56.3 Å². The number of benzene rings is 3. The standard InChI is InChI=1S/C25H21NO4/c1-3-29-23-12-16-10-14(2)30-22(16)13-21(23)26-25(28)15-8-9-18-17-6-4-5-7-19(17)24(27)20(18)11-15/h4-9,11-14H,3,10H2,1-2H3,(H,26,28). The van der Waals surface area contributed by atoms with Gasteiger partial charge in [0.1, 0.15) is 17.6 Å². The molecule has 2 aliphatic rings. The average Bonchev–Trinajstić information content (AvgIpc) is 3.25. The lowest BCUT2D eigenvalue weighted by atomic mass is 10.0. The molecule has 0 saturated heterocycles. The van der Waals surface area contributed by atoms with Crippen LogP contribution < -0.4 is 14.8 Å². The Kier molecular flexibility index (Phi) is 4.31. The number of fused-ring (bicyclic) bond motifs is 4. The van der Waals surface area contributed by atoms with Gasteiger partial charge < -0.3 is 14.8 Å². The predicted octanol–water partition coefficient (Wildman–Crippen LogP) is 4.87. The van der Waals surface area contributed by atoms with Crippen LogP contribution in [0.15, 0.2) is 54.6 Å². The number of nitrogens with one attached hydrogen (secondary N) is 1. The zero-order valence-corrected chi connectivity index (χ0v) is 16.8. The third-order valence-electron chi connectivity index (χ3n) is 5.53. The molecule has 1 aliphatic carbocycles. The number of amides is 1. The third-order valence-corrected chi connectivity index (χ3v) is 5.53. The molecule has 0 aromatic heterocycles. The fraction of sp³-hybridized carbons (Fsp3) is 0.200. The molecule has 30 heavy (non-hydrogen) atoms. The monoisotopic (exact) mass is 399 g/mol. The molecule has 0 radical (unpaired) electrons. The molecule has 5 nitrogen and oxygen atoms in total. The van der Waals surface area contributed by atoms with E-state index >= 15 is 0 Å². The van der Waals surface area contributed by atoms with Crippen molar-refractivity contribution in [3.63, 3.8) is 0 Å². The molecule has 150 valence electrons. The van der Waals surface area contributed by atoms with Gasteiger partial charge in [-0.1, -0.05) is 30.3 Å². The first-order valence-electron chi connectivity index (χ1n) is 10.1. The van der Waals surface area contributed by atoms with E-state index in [-0.39, 0.29) is 17.8 Å². The molecule has 1 unspecified atom stereocenters. The Balaban J connectivity index is 1.46. The molecule has 5 rings (SSSR count). The summed E-state index contributed by atoms with van der Waals surface area (Å²) in [5.74, 6) is 1.03. The summed E-state index contributed by atoms with van der Waals surface area (Å²) in [7, 11) is 0. The van der Waals surface area contributed by atoms with Crippen LogP contribution in [-0.2, 0) is 6.42 Å². The summed E-state index contributed by atoms with van der Waals surface area (Å²) in [6, 6.07) is 16.5. The van der Waals surface area contributed by atoms with E-state index in [0.29, 0.717) is 34.7 Å². The second-order valence-electron chi connectivity index (χ2n) is 7.61.